The molecule has 1 fully saturated rings. The fourth-order valence-corrected chi connectivity index (χ4v) is 3.90. The highest BCUT2D eigenvalue weighted by Crippen LogP contribution is 2.41. The van der Waals surface area contributed by atoms with E-state index in [-0.39, 0.29) is 18.9 Å². The molecule has 0 saturated heterocycles. The summed E-state index contributed by atoms with van der Waals surface area (Å²) in [7, 11) is 0. The van der Waals surface area contributed by atoms with Gasteiger partial charge in [0.05, 0.1) is 30.0 Å². The standard InChI is InChI=1S/C14H17F3O.C11H15N3O2/c15-14(16,17)13-8-10(9-18)6-7-12(13)11-4-2-1-3-5-11;1-8(12)10-3-2-9(7-14-10)6-13-5-4-11(15)16/h6-8,11,18H,1-5,9H2;2-3,7,12-13H,4-6H2,1H3,(H,15,16). The fourth-order valence-electron chi connectivity index (χ4n) is 3.90. The molecule has 186 valence electrons. The topological polar surface area (TPSA) is 106 Å². The van der Waals surface area contributed by atoms with E-state index in [4.69, 9.17) is 15.6 Å². The lowest BCUT2D eigenvalue weighted by Crippen LogP contribution is -2.17. The maximum atomic E-state index is 13.0. The molecule has 0 unspecified atom stereocenters. The van der Waals surface area contributed by atoms with Crippen LogP contribution in [0.2, 0.25) is 0 Å². The van der Waals surface area contributed by atoms with E-state index in [1.165, 1.54) is 0 Å². The molecule has 1 aliphatic carbocycles. The zero-order chi connectivity index (χ0) is 25.1. The van der Waals surface area contributed by atoms with E-state index in [9.17, 15) is 18.0 Å². The Kier molecular flexibility index (Phi) is 10.7. The molecule has 0 atom stereocenters. The van der Waals surface area contributed by atoms with Crippen molar-refractivity contribution < 1.29 is 28.2 Å². The van der Waals surface area contributed by atoms with Gasteiger partial charge < -0.3 is 20.9 Å². The Bertz CT molecular complexity index is 941. The number of aliphatic hydroxyl groups excluding tert-OH is 1. The predicted octanol–water partition coefficient (Wildman–Crippen LogP) is 5.28. The highest BCUT2D eigenvalue weighted by Gasteiger charge is 2.35. The van der Waals surface area contributed by atoms with Gasteiger partial charge in [-0.2, -0.15) is 13.2 Å². The molecule has 4 N–H and O–H groups in total. The van der Waals surface area contributed by atoms with Crippen molar-refractivity contribution in [1.29, 1.82) is 5.41 Å². The first-order valence-electron chi connectivity index (χ1n) is 11.4. The van der Waals surface area contributed by atoms with Crippen LogP contribution in [0.15, 0.2) is 36.5 Å². The number of benzene rings is 1. The quantitative estimate of drug-likeness (QED) is 0.305. The Morgan fingerprint density at radius 3 is 2.35 bits per heavy atom. The summed E-state index contributed by atoms with van der Waals surface area (Å²) in [5.74, 6) is -0.788. The zero-order valence-corrected chi connectivity index (χ0v) is 19.3. The van der Waals surface area contributed by atoms with E-state index >= 15 is 0 Å². The van der Waals surface area contributed by atoms with Gasteiger partial charge in [0.2, 0.25) is 0 Å². The van der Waals surface area contributed by atoms with Crippen LogP contribution in [-0.2, 0) is 24.1 Å². The minimum Gasteiger partial charge on any atom is -0.481 e. The molecule has 34 heavy (non-hydrogen) atoms. The van der Waals surface area contributed by atoms with Gasteiger partial charge in [-0.25, -0.2) is 0 Å². The molecular weight excluding hydrogens is 447 g/mol. The summed E-state index contributed by atoms with van der Waals surface area (Å²) in [5, 5.41) is 27.8. The smallest absolute Gasteiger partial charge is 0.416 e. The number of carboxylic acids is 1. The number of hydrogen-bond acceptors (Lipinski definition) is 5. The summed E-state index contributed by atoms with van der Waals surface area (Å²) in [6.07, 6.45) is 2.27. The molecule has 6 nitrogen and oxygen atoms in total. The van der Waals surface area contributed by atoms with E-state index in [1.807, 2.05) is 6.07 Å². The Morgan fingerprint density at radius 1 is 1.15 bits per heavy atom. The number of alkyl halides is 3. The molecular formula is C25H32F3N3O3. The summed E-state index contributed by atoms with van der Waals surface area (Å²) < 4.78 is 39.1. The highest BCUT2D eigenvalue weighted by molar-refractivity contribution is 5.94. The van der Waals surface area contributed by atoms with E-state index in [0.717, 1.165) is 43.7 Å². The van der Waals surface area contributed by atoms with Gasteiger partial charge in [0.1, 0.15) is 0 Å². The van der Waals surface area contributed by atoms with Gasteiger partial charge in [-0.05, 0) is 54.5 Å². The minimum absolute atomic E-state index is 0.0168. The Balaban J connectivity index is 0.000000242. The van der Waals surface area contributed by atoms with Crippen LogP contribution >= 0.6 is 0 Å². The van der Waals surface area contributed by atoms with Gasteiger partial charge in [-0.3, -0.25) is 9.78 Å². The predicted molar refractivity (Wildman–Crippen MR) is 124 cm³/mol. The number of hydrogen-bond donors (Lipinski definition) is 4. The van der Waals surface area contributed by atoms with Crippen LogP contribution in [-0.4, -0.2) is 33.4 Å². The van der Waals surface area contributed by atoms with Crippen LogP contribution in [0.5, 0.6) is 0 Å². The molecule has 3 rings (SSSR count). The minimum atomic E-state index is -4.34. The third kappa shape index (κ3) is 8.87. The van der Waals surface area contributed by atoms with Crippen molar-refractivity contribution >= 4 is 11.7 Å². The van der Waals surface area contributed by atoms with Crippen LogP contribution in [0, 0.1) is 5.41 Å². The molecule has 0 bridgehead atoms. The number of nitrogens with one attached hydrogen (secondary N) is 2. The molecule has 0 spiro atoms. The largest absolute Gasteiger partial charge is 0.481 e. The second-order valence-corrected chi connectivity index (χ2v) is 8.41. The van der Waals surface area contributed by atoms with Gasteiger partial charge in [-0.15, -0.1) is 0 Å². The third-order valence-electron chi connectivity index (χ3n) is 5.70. The first kappa shape index (κ1) is 27.5. The van der Waals surface area contributed by atoms with Crippen molar-refractivity contribution in [2.75, 3.05) is 6.54 Å². The number of pyridine rings is 1. The molecule has 1 aromatic carbocycles. The van der Waals surface area contributed by atoms with Crippen molar-refractivity contribution in [2.24, 2.45) is 0 Å². The van der Waals surface area contributed by atoms with E-state index in [2.05, 4.69) is 10.3 Å². The maximum absolute atomic E-state index is 13.0. The van der Waals surface area contributed by atoms with E-state index in [0.29, 0.717) is 35.6 Å². The van der Waals surface area contributed by atoms with Crippen LogP contribution in [0.1, 0.15) is 79.3 Å². The second-order valence-electron chi connectivity index (χ2n) is 8.41. The number of halogens is 3. The number of carbonyl (C=O) groups is 1. The highest BCUT2D eigenvalue weighted by atomic mass is 19.4. The number of aromatic nitrogens is 1. The van der Waals surface area contributed by atoms with Crippen molar-refractivity contribution in [2.45, 2.75) is 70.7 Å². The van der Waals surface area contributed by atoms with Crippen molar-refractivity contribution in [3.05, 3.63) is 64.5 Å². The second kappa shape index (κ2) is 13.2. The van der Waals surface area contributed by atoms with Crippen LogP contribution in [0.4, 0.5) is 13.2 Å². The summed E-state index contributed by atoms with van der Waals surface area (Å²) in [5.41, 5.74) is 2.23. The number of rotatable bonds is 8. The summed E-state index contributed by atoms with van der Waals surface area (Å²) in [4.78, 5) is 14.4. The third-order valence-corrected chi connectivity index (χ3v) is 5.70. The lowest BCUT2D eigenvalue weighted by atomic mass is 9.81. The molecule has 0 radical (unpaired) electrons. The Labute approximate surface area is 197 Å². The molecule has 9 heteroatoms. The monoisotopic (exact) mass is 479 g/mol. The number of aliphatic carboxylic acids is 1. The van der Waals surface area contributed by atoms with Crippen molar-refractivity contribution in [3.8, 4) is 0 Å². The maximum Gasteiger partial charge on any atom is 0.416 e. The van der Waals surface area contributed by atoms with E-state index in [1.54, 1.807) is 31.3 Å². The Hall–Kier alpha value is -2.78. The SMILES string of the molecule is CC(=N)c1ccc(CNCCC(=O)O)cn1.OCc1ccc(C2CCCCC2)c(C(F)(F)F)c1. The molecule has 1 aliphatic rings. The molecule has 0 amide bonds. The number of nitrogens with zero attached hydrogens (tertiary/aromatic N) is 1. The fraction of sp³-hybridized carbons (Fsp3) is 0.480. The molecule has 1 heterocycles. The van der Waals surface area contributed by atoms with Gasteiger partial charge in [0, 0.05) is 19.3 Å². The molecule has 1 aromatic heterocycles. The number of carboxylic acid groups (broad SMARTS) is 1. The average molecular weight is 480 g/mol. The Morgan fingerprint density at radius 2 is 1.82 bits per heavy atom. The first-order chi connectivity index (χ1) is 16.1. The molecule has 0 aliphatic heterocycles. The summed E-state index contributed by atoms with van der Waals surface area (Å²) in [6.45, 7) is 2.37. The normalized spacial score (nSPS) is 14.3. The lowest BCUT2D eigenvalue weighted by molar-refractivity contribution is -0.139. The van der Waals surface area contributed by atoms with Gasteiger partial charge in [0.25, 0.3) is 0 Å². The van der Waals surface area contributed by atoms with E-state index < -0.39 is 17.7 Å². The summed E-state index contributed by atoms with van der Waals surface area (Å²) in [6, 6.07) is 7.90. The average Bonchev–Trinajstić information content (AvgIpc) is 2.82. The zero-order valence-electron chi connectivity index (χ0n) is 19.3. The van der Waals surface area contributed by atoms with Crippen LogP contribution in [0.3, 0.4) is 0 Å². The van der Waals surface area contributed by atoms with Crippen LogP contribution < -0.4 is 5.32 Å². The molecule has 2 aromatic rings. The lowest BCUT2D eigenvalue weighted by Gasteiger charge is -2.25. The molecule has 1 saturated carbocycles. The first-order valence-corrected chi connectivity index (χ1v) is 11.4. The number of aliphatic hydroxyl groups is 1. The van der Waals surface area contributed by atoms with Gasteiger partial charge >= 0.3 is 12.1 Å². The van der Waals surface area contributed by atoms with Gasteiger partial charge in [-0.1, -0.05) is 37.5 Å². The van der Waals surface area contributed by atoms with Crippen molar-refractivity contribution in [3.63, 3.8) is 0 Å². The van der Waals surface area contributed by atoms with Crippen LogP contribution in [0.25, 0.3) is 0 Å². The van der Waals surface area contributed by atoms with Crippen molar-refractivity contribution in [1.82, 2.24) is 10.3 Å². The summed E-state index contributed by atoms with van der Waals surface area (Å²) >= 11 is 0. The van der Waals surface area contributed by atoms with Gasteiger partial charge in [0.15, 0.2) is 0 Å².